The number of aromatic nitrogens is 4. The van der Waals surface area contributed by atoms with Gasteiger partial charge in [0.2, 0.25) is 17.7 Å². The SMILES string of the molecule is CC(C)C(=O)Nc1nc(OCCc2ccc([N+](=O)[O-])cc2)c2ncn([C@H]3CN(C(c4ccccc4)(c4ccccc4)c4ccccc4)C[C@@H](COP(=O)(O)O)O3)c2n1.CCN(CC)CC.CCN(CC)CC. The van der Waals surface area contributed by atoms with E-state index in [-0.39, 0.29) is 60.2 Å². The number of carbonyl (C=O) groups is 1. The Morgan fingerprint density at radius 1 is 0.806 bits per heavy atom. The number of benzene rings is 4. The molecule has 1 saturated heterocycles. The zero-order valence-electron chi connectivity index (χ0n) is 42.8. The molecular weight excluding hydrogens is 938 g/mol. The van der Waals surface area contributed by atoms with Crippen LogP contribution in [0.4, 0.5) is 11.6 Å². The van der Waals surface area contributed by atoms with Crippen molar-refractivity contribution in [3.8, 4) is 5.88 Å². The van der Waals surface area contributed by atoms with Gasteiger partial charge in [0.05, 0.1) is 36.1 Å². The van der Waals surface area contributed by atoms with E-state index in [1.807, 2.05) is 54.6 Å². The van der Waals surface area contributed by atoms with Crippen molar-refractivity contribution in [1.29, 1.82) is 0 Å². The van der Waals surface area contributed by atoms with Gasteiger partial charge in [-0.25, -0.2) is 9.55 Å². The summed E-state index contributed by atoms with van der Waals surface area (Å²) in [5.41, 5.74) is 3.23. The second kappa shape index (κ2) is 27.8. The van der Waals surface area contributed by atoms with E-state index in [2.05, 4.69) is 108 Å². The molecule has 1 aliphatic heterocycles. The standard InChI is InChI=1S/C41H42N7O9P.2C6H15N/c1-28(2)38(49)44-40-43-37-36(39(45-40)55-23-22-29-18-20-33(21-19-29)48(50)51)42-27-47(37)35-25-46(24-34(57-35)26-56-58(52,53)54)41(30-12-6-3-7-13-30,31-14-8-4-9-15-31)32-16-10-5-11-17-32;2*1-4-7(5-2)6-3/h3-21,27-28,34-35H,22-26H2,1-2H3,(H2,52,53,54)(H,43,44,45,49);2*4-6H2,1-3H3/t34-,35+;;/m0../s1. The van der Waals surface area contributed by atoms with Crippen LogP contribution in [0, 0.1) is 16.0 Å². The zero-order valence-corrected chi connectivity index (χ0v) is 43.7. The molecule has 0 radical (unpaired) electrons. The molecule has 388 valence electrons. The highest BCUT2D eigenvalue weighted by Gasteiger charge is 2.47. The monoisotopic (exact) mass is 1010 g/mol. The van der Waals surface area contributed by atoms with Gasteiger partial charge in [-0.2, -0.15) is 9.97 Å². The van der Waals surface area contributed by atoms with E-state index >= 15 is 0 Å². The average molecular weight is 1010 g/mol. The lowest BCUT2D eigenvalue weighted by Crippen LogP contribution is -2.57. The third-order valence-corrected chi connectivity index (χ3v) is 13.0. The van der Waals surface area contributed by atoms with E-state index in [0.29, 0.717) is 6.42 Å². The highest BCUT2D eigenvalue weighted by atomic mass is 31.2. The van der Waals surface area contributed by atoms with Crippen LogP contribution >= 0.6 is 7.82 Å². The Hall–Kier alpha value is -5.95. The number of fused-ring (bicyclic) bond motifs is 1. The second-order valence-electron chi connectivity index (χ2n) is 17.3. The lowest BCUT2D eigenvalue weighted by molar-refractivity contribution is -0.384. The summed E-state index contributed by atoms with van der Waals surface area (Å²) in [4.78, 5) is 63.9. The Labute approximate surface area is 423 Å². The van der Waals surface area contributed by atoms with Crippen LogP contribution in [-0.2, 0) is 30.6 Å². The first-order valence-electron chi connectivity index (χ1n) is 24.7. The number of morpholine rings is 1. The number of ether oxygens (including phenoxy) is 2. The van der Waals surface area contributed by atoms with Gasteiger partial charge in [-0.05, 0) is 61.5 Å². The van der Waals surface area contributed by atoms with Crippen molar-refractivity contribution in [2.45, 2.75) is 79.7 Å². The predicted octanol–water partition coefficient (Wildman–Crippen LogP) is 8.95. The van der Waals surface area contributed by atoms with Crippen molar-refractivity contribution in [1.82, 2.24) is 34.2 Å². The number of carbonyl (C=O) groups excluding carboxylic acids is 1. The highest BCUT2D eigenvalue weighted by Crippen LogP contribution is 2.46. The maximum atomic E-state index is 12.9. The second-order valence-corrected chi connectivity index (χ2v) is 18.5. The van der Waals surface area contributed by atoms with E-state index in [4.69, 9.17) is 19.0 Å². The number of nitro benzene ring substituents is 1. The molecule has 0 bridgehead atoms. The molecule has 19 heteroatoms. The number of nitrogens with zero attached hydrogens (tertiary/aromatic N) is 8. The molecule has 3 heterocycles. The number of hydrogen-bond acceptors (Lipinski definition) is 13. The van der Waals surface area contributed by atoms with Gasteiger partial charge in [0.25, 0.3) is 5.69 Å². The molecule has 0 aliphatic carbocycles. The Bertz CT molecular complexity index is 2490. The van der Waals surface area contributed by atoms with Gasteiger partial charge in [-0.1, -0.05) is 159 Å². The van der Waals surface area contributed by atoms with Crippen LogP contribution < -0.4 is 10.1 Å². The number of rotatable bonds is 21. The number of amides is 1. The Morgan fingerprint density at radius 2 is 1.31 bits per heavy atom. The summed E-state index contributed by atoms with van der Waals surface area (Å²) in [5.74, 6) is -0.649. The van der Waals surface area contributed by atoms with E-state index < -0.39 is 37.2 Å². The summed E-state index contributed by atoms with van der Waals surface area (Å²) < 4.78 is 31.6. The highest BCUT2D eigenvalue weighted by molar-refractivity contribution is 7.46. The summed E-state index contributed by atoms with van der Waals surface area (Å²) in [5, 5.41) is 13.9. The number of nitrogens with one attached hydrogen (secondary N) is 1. The van der Waals surface area contributed by atoms with Crippen molar-refractivity contribution in [2.75, 3.05) is 70.9 Å². The molecule has 2 aromatic heterocycles. The number of phosphoric acid groups is 1. The van der Waals surface area contributed by atoms with Crippen molar-refractivity contribution in [3.05, 3.63) is 154 Å². The number of nitro groups is 1. The van der Waals surface area contributed by atoms with Crippen LogP contribution in [-0.4, -0.2) is 127 Å². The van der Waals surface area contributed by atoms with Gasteiger partial charge < -0.3 is 29.1 Å². The van der Waals surface area contributed by atoms with Crippen LogP contribution in [0.5, 0.6) is 5.88 Å². The van der Waals surface area contributed by atoms with Crippen LogP contribution in [0.15, 0.2) is 122 Å². The zero-order chi connectivity index (χ0) is 52.3. The fraction of sp³-hybridized carbons (Fsp3) is 0.434. The predicted molar refractivity (Wildman–Crippen MR) is 281 cm³/mol. The van der Waals surface area contributed by atoms with E-state index in [1.165, 1.54) is 57.7 Å². The summed E-state index contributed by atoms with van der Waals surface area (Å²) >= 11 is 0. The molecule has 1 aliphatic rings. The largest absolute Gasteiger partial charge is 0.476 e. The topological polar surface area (TPSA) is 211 Å². The van der Waals surface area contributed by atoms with Crippen molar-refractivity contribution in [3.63, 3.8) is 0 Å². The first kappa shape index (κ1) is 57.0. The smallest absolute Gasteiger partial charge is 0.469 e. The quantitative estimate of drug-likeness (QED) is 0.0266. The van der Waals surface area contributed by atoms with Gasteiger partial charge in [0, 0.05) is 37.6 Å². The van der Waals surface area contributed by atoms with Gasteiger partial charge in [-0.3, -0.25) is 34.2 Å². The molecule has 7 rings (SSSR count). The number of non-ortho nitro benzene ring substituents is 1. The minimum absolute atomic E-state index is 0.0224. The first-order valence-corrected chi connectivity index (χ1v) is 26.3. The number of phosphoric ester groups is 1. The first-order chi connectivity index (χ1) is 34.6. The Morgan fingerprint density at radius 3 is 1.74 bits per heavy atom. The summed E-state index contributed by atoms with van der Waals surface area (Å²) in [6, 6.07) is 36.1. The van der Waals surface area contributed by atoms with Crippen LogP contribution in [0.25, 0.3) is 11.2 Å². The van der Waals surface area contributed by atoms with Gasteiger partial charge in [-0.15, -0.1) is 0 Å². The van der Waals surface area contributed by atoms with E-state index in [9.17, 15) is 29.3 Å². The molecule has 1 amide bonds. The molecular formula is C53H72N9O9P. The Kier molecular flexibility index (Phi) is 22.0. The molecule has 0 unspecified atom stereocenters. The minimum Gasteiger partial charge on any atom is -0.476 e. The van der Waals surface area contributed by atoms with E-state index in [0.717, 1.165) is 22.3 Å². The number of imidazole rings is 1. The fourth-order valence-electron chi connectivity index (χ4n) is 8.51. The number of hydrogen-bond donors (Lipinski definition) is 3. The van der Waals surface area contributed by atoms with Crippen LogP contribution in [0.1, 0.15) is 83.9 Å². The molecule has 0 spiro atoms. The minimum atomic E-state index is -4.89. The molecule has 18 nitrogen and oxygen atoms in total. The third kappa shape index (κ3) is 15.3. The van der Waals surface area contributed by atoms with Crippen molar-refractivity contribution < 1.29 is 38.1 Å². The maximum absolute atomic E-state index is 12.9. The molecule has 0 saturated carbocycles. The van der Waals surface area contributed by atoms with Crippen molar-refractivity contribution >= 4 is 36.5 Å². The van der Waals surface area contributed by atoms with Crippen LogP contribution in [0.3, 0.4) is 0 Å². The maximum Gasteiger partial charge on any atom is 0.469 e. The molecule has 3 N–H and O–H groups in total. The lowest BCUT2D eigenvalue weighted by Gasteiger charge is -2.50. The van der Waals surface area contributed by atoms with Gasteiger partial charge in [0.15, 0.2) is 11.2 Å². The molecule has 1 fully saturated rings. The summed E-state index contributed by atoms with van der Waals surface area (Å²) in [6.45, 7) is 23.8. The molecule has 4 aromatic carbocycles. The van der Waals surface area contributed by atoms with Crippen molar-refractivity contribution in [2.24, 2.45) is 5.92 Å². The third-order valence-electron chi connectivity index (χ3n) is 12.5. The molecule has 72 heavy (non-hydrogen) atoms. The average Bonchev–Trinajstić information content (AvgIpc) is 3.83. The lowest BCUT2D eigenvalue weighted by atomic mass is 9.75. The van der Waals surface area contributed by atoms with Gasteiger partial charge in [0.1, 0.15) is 6.23 Å². The van der Waals surface area contributed by atoms with Gasteiger partial charge >= 0.3 is 7.82 Å². The van der Waals surface area contributed by atoms with E-state index in [1.54, 1.807) is 30.5 Å². The van der Waals surface area contributed by atoms with Crippen LogP contribution in [0.2, 0.25) is 0 Å². The fourth-order valence-corrected chi connectivity index (χ4v) is 8.87. The normalized spacial score (nSPS) is 15.2. The molecule has 2 atom stereocenters. The summed E-state index contributed by atoms with van der Waals surface area (Å²) in [6.07, 6.45) is 0.191. The summed E-state index contributed by atoms with van der Waals surface area (Å²) in [7, 11) is -4.89. The number of anilines is 1. The Balaban J connectivity index is 0.000000602. The molecule has 6 aromatic rings.